The maximum Gasteiger partial charge on any atom is 0.412 e. The van der Waals surface area contributed by atoms with Crippen molar-refractivity contribution in [3.8, 4) is 0 Å². The molecule has 0 aromatic carbocycles. The van der Waals surface area contributed by atoms with Crippen molar-refractivity contribution in [1.82, 2.24) is 24.8 Å². The number of ether oxygens (including phenoxy) is 1. The van der Waals surface area contributed by atoms with Crippen LogP contribution in [0.1, 0.15) is 26.5 Å². The van der Waals surface area contributed by atoms with Crippen LogP contribution in [0.5, 0.6) is 0 Å². The Morgan fingerprint density at radius 2 is 2.00 bits per heavy atom. The van der Waals surface area contributed by atoms with Gasteiger partial charge >= 0.3 is 6.09 Å². The number of carbonyl (C=O) groups is 2. The predicted octanol–water partition coefficient (Wildman–Crippen LogP) is 1.57. The van der Waals surface area contributed by atoms with E-state index in [2.05, 4.69) is 15.0 Å². The molecule has 0 N–H and O–H groups in total. The summed E-state index contributed by atoms with van der Waals surface area (Å²) in [6.07, 6.45) is 2.32. The van der Waals surface area contributed by atoms with Gasteiger partial charge in [-0.05, 0) is 19.1 Å². The fraction of sp³-hybridized carbons (Fsp3) is 0.353. The highest BCUT2D eigenvalue weighted by molar-refractivity contribution is 6.30. The van der Waals surface area contributed by atoms with Crippen molar-refractivity contribution in [2.24, 2.45) is 0 Å². The Hall–Kier alpha value is -2.78. The van der Waals surface area contributed by atoms with Gasteiger partial charge in [-0.2, -0.15) is 0 Å². The topological polar surface area (TPSA) is 91.8 Å². The van der Waals surface area contributed by atoms with Crippen molar-refractivity contribution in [2.45, 2.75) is 6.23 Å². The van der Waals surface area contributed by atoms with Crippen LogP contribution in [0.4, 0.5) is 10.6 Å². The maximum absolute atomic E-state index is 12.9. The third-order valence-corrected chi connectivity index (χ3v) is 4.55. The first-order valence-corrected chi connectivity index (χ1v) is 8.60. The molecule has 2 aromatic rings. The summed E-state index contributed by atoms with van der Waals surface area (Å²) in [5.41, 5.74) is 0.271. The van der Waals surface area contributed by atoms with Gasteiger partial charge in [-0.25, -0.2) is 19.7 Å². The Labute approximate surface area is 164 Å². The van der Waals surface area contributed by atoms with E-state index in [1.165, 1.54) is 39.4 Å². The molecule has 2 amide bonds. The minimum absolute atomic E-state index is 0.0688. The van der Waals surface area contributed by atoms with E-state index in [0.29, 0.717) is 5.02 Å². The van der Waals surface area contributed by atoms with Gasteiger partial charge in [0.25, 0.3) is 5.91 Å². The molecule has 2 aliphatic heterocycles. The Kier molecular flexibility index (Phi) is 3.75. The van der Waals surface area contributed by atoms with Gasteiger partial charge < -0.3 is 14.5 Å². The van der Waals surface area contributed by atoms with Gasteiger partial charge in [-0.3, -0.25) is 9.78 Å². The molecule has 0 bridgehead atoms. The molecule has 0 spiro atoms. The molecule has 9 nitrogen and oxygen atoms in total. The molecule has 0 radical (unpaired) electrons. The molecule has 1 fully saturated rings. The van der Waals surface area contributed by atoms with Crippen LogP contribution in [0.15, 0.2) is 30.7 Å². The van der Waals surface area contributed by atoms with Crippen LogP contribution in [0.3, 0.4) is 0 Å². The number of amides is 2. The average molecular weight is 392 g/mol. The quantitative estimate of drug-likeness (QED) is 0.767. The minimum Gasteiger partial charge on any atom is -0.419 e. The molecule has 2 aromatic heterocycles. The van der Waals surface area contributed by atoms with Crippen LogP contribution in [0, 0.1) is 0 Å². The second-order valence-electron chi connectivity index (χ2n) is 6.01. The third-order valence-electron chi connectivity index (χ3n) is 4.33. The SMILES string of the molecule is [2H]C([2H])([2H])N1CCN(C(=O)OC2c3nccnc3C(=O)N2c2ccc(Cl)cn2)CC1. The van der Waals surface area contributed by atoms with Crippen LogP contribution in [0.2, 0.25) is 5.02 Å². The van der Waals surface area contributed by atoms with Crippen molar-refractivity contribution >= 4 is 29.4 Å². The Morgan fingerprint density at radius 3 is 2.70 bits per heavy atom. The number of rotatable bonds is 2. The number of aromatic nitrogens is 3. The minimum atomic E-state index is -2.21. The summed E-state index contributed by atoms with van der Waals surface area (Å²) in [4.78, 5) is 41.9. The third kappa shape index (κ3) is 3.31. The summed E-state index contributed by atoms with van der Waals surface area (Å²) in [6, 6.07) is 3.09. The highest BCUT2D eigenvalue weighted by Gasteiger charge is 2.44. The molecule has 2 aliphatic rings. The largest absolute Gasteiger partial charge is 0.419 e. The molecule has 1 saturated heterocycles. The number of pyridine rings is 1. The van der Waals surface area contributed by atoms with E-state index in [-0.39, 0.29) is 43.4 Å². The fourth-order valence-corrected chi connectivity index (χ4v) is 3.05. The van der Waals surface area contributed by atoms with Crippen molar-refractivity contribution in [2.75, 3.05) is 38.1 Å². The molecule has 4 rings (SSSR count). The predicted molar refractivity (Wildman–Crippen MR) is 96.4 cm³/mol. The fourth-order valence-electron chi connectivity index (χ4n) is 2.94. The van der Waals surface area contributed by atoms with Crippen molar-refractivity contribution in [1.29, 1.82) is 0 Å². The van der Waals surface area contributed by atoms with E-state index >= 15 is 0 Å². The molecule has 4 heterocycles. The number of nitrogens with zero attached hydrogens (tertiary/aromatic N) is 6. The van der Waals surface area contributed by atoms with Gasteiger partial charge in [-0.1, -0.05) is 11.6 Å². The number of likely N-dealkylation sites (N-methyl/N-ethyl adjacent to an activating group) is 1. The molecule has 27 heavy (non-hydrogen) atoms. The number of fused-ring (bicyclic) bond motifs is 1. The smallest absolute Gasteiger partial charge is 0.412 e. The van der Waals surface area contributed by atoms with Gasteiger partial charge in [0, 0.05) is 48.9 Å². The normalized spacial score (nSPS) is 22.0. The zero-order chi connectivity index (χ0) is 21.5. The second-order valence-corrected chi connectivity index (χ2v) is 6.45. The van der Waals surface area contributed by atoms with Gasteiger partial charge in [0.1, 0.15) is 11.5 Å². The van der Waals surface area contributed by atoms with Crippen LogP contribution in [0.25, 0.3) is 0 Å². The lowest BCUT2D eigenvalue weighted by Gasteiger charge is -2.33. The molecular weight excluding hydrogens is 372 g/mol. The number of hydrogen-bond donors (Lipinski definition) is 0. The lowest BCUT2D eigenvalue weighted by molar-refractivity contribution is 0.0476. The summed E-state index contributed by atoms with van der Waals surface area (Å²) in [5, 5.41) is 0.389. The number of carbonyl (C=O) groups excluding carboxylic acids is 2. The second kappa shape index (κ2) is 7.09. The average Bonchev–Trinajstić information content (AvgIpc) is 3.00. The van der Waals surface area contributed by atoms with Crippen molar-refractivity contribution in [3.05, 3.63) is 47.1 Å². The van der Waals surface area contributed by atoms with E-state index in [4.69, 9.17) is 20.5 Å². The Balaban J connectivity index is 1.55. The molecular formula is C17H17ClN6O3. The van der Waals surface area contributed by atoms with E-state index in [9.17, 15) is 9.59 Å². The lowest BCUT2D eigenvalue weighted by Crippen LogP contribution is -2.48. The molecule has 10 heteroatoms. The number of hydrogen-bond acceptors (Lipinski definition) is 7. The standard InChI is InChI=1S/C17H17ClN6O3/c1-22-6-8-23(9-7-22)17(26)27-16-14-13(19-4-5-20-14)15(25)24(16)12-3-2-11(18)10-21-12/h2-5,10,16H,6-9H2,1H3/i1D3. The summed E-state index contributed by atoms with van der Waals surface area (Å²) < 4.78 is 28.0. The number of halogens is 1. The number of anilines is 1. The van der Waals surface area contributed by atoms with Crippen LogP contribution in [-0.2, 0) is 4.74 Å². The maximum atomic E-state index is 12.9. The summed E-state index contributed by atoms with van der Waals surface area (Å²) in [6.45, 7) is -1.46. The van der Waals surface area contributed by atoms with Gasteiger partial charge in [0.15, 0.2) is 5.69 Å². The van der Waals surface area contributed by atoms with E-state index in [0.717, 1.165) is 0 Å². The van der Waals surface area contributed by atoms with Gasteiger partial charge in [0.05, 0.1) is 5.02 Å². The highest BCUT2D eigenvalue weighted by atomic mass is 35.5. The van der Waals surface area contributed by atoms with Gasteiger partial charge in [-0.15, -0.1) is 0 Å². The van der Waals surface area contributed by atoms with E-state index < -0.39 is 25.2 Å². The first-order valence-electron chi connectivity index (χ1n) is 9.72. The van der Waals surface area contributed by atoms with E-state index in [1.54, 1.807) is 6.07 Å². The lowest BCUT2D eigenvalue weighted by atomic mass is 10.3. The van der Waals surface area contributed by atoms with Crippen molar-refractivity contribution < 1.29 is 18.4 Å². The Morgan fingerprint density at radius 1 is 1.22 bits per heavy atom. The Bertz CT molecular complexity index is 966. The first-order chi connectivity index (χ1) is 14.3. The highest BCUT2D eigenvalue weighted by Crippen LogP contribution is 2.35. The van der Waals surface area contributed by atoms with Crippen LogP contribution in [-0.4, -0.2) is 69.9 Å². The van der Waals surface area contributed by atoms with Crippen LogP contribution < -0.4 is 4.90 Å². The molecule has 140 valence electrons. The van der Waals surface area contributed by atoms with E-state index in [1.807, 2.05) is 0 Å². The first kappa shape index (κ1) is 14.3. The molecule has 0 saturated carbocycles. The molecule has 1 atom stereocenters. The van der Waals surface area contributed by atoms with Gasteiger partial charge in [0.2, 0.25) is 6.23 Å². The molecule has 1 unspecified atom stereocenters. The summed E-state index contributed by atoms with van der Waals surface area (Å²) in [7, 11) is 0. The number of piperazine rings is 1. The van der Waals surface area contributed by atoms with Crippen molar-refractivity contribution in [3.63, 3.8) is 0 Å². The zero-order valence-electron chi connectivity index (χ0n) is 17.1. The van der Waals surface area contributed by atoms with Crippen LogP contribution >= 0.6 is 11.6 Å². The summed E-state index contributed by atoms with van der Waals surface area (Å²) in [5.74, 6) is -0.271. The molecule has 0 aliphatic carbocycles. The monoisotopic (exact) mass is 391 g/mol. The summed E-state index contributed by atoms with van der Waals surface area (Å²) >= 11 is 5.88. The zero-order valence-corrected chi connectivity index (χ0v) is 14.8.